The molecule has 3 rings (SSSR count). The molecule has 1 saturated heterocycles. The molecule has 0 radical (unpaired) electrons. The first kappa shape index (κ1) is 19.8. The minimum absolute atomic E-state index is 0.213. The molecule has 1 aliphatic rings. The van der Waals surface area contributed by atoms with Crippen LogP contribution in [-0.2, 0) is 5.75 Å². The highest BCUT2D eigenvalue weighted by molar-refractivity contribution is 8.22. The molecule has 0 unspecified atom stereocenters. The zero-order valence-corrected chi connectivity index (χ0v) is 17.7. The summed E-state index contributed by atoms with van der Waals surface area (Å²) in [6.07, 6.45) is 3.68. The minimum atomic E-state index is 0.213. The molecule has 1 atom stereocenters. The Morgan fingerprint density at radius 3 is 2.85 bits per heavy atom. The number of nitrogen functional groups attached to an aromatic ring is 1. The second-order valence-corrected chi connectivity index (χ2v) is 8.58. The van der Waals surface area contributed by atoms with Gasteiger partial charge in [0, 0.05) is 18.3 Å². The predicted octanol–water partition coefficient (Wildman–Crippen LogP) is 4.21. The number of likely N-dealkylation sites (tertiary alicyclic amines) is 1. The van der Waals surface area contributed by atoms with Crippen molar-refractivity contribution < 1.29 is 0 Å². The molecular formula is C19H26N6S2. The van der Waals surface area contributed by atoms with Gasteiger partial charge in [0.25, 0.3) is 0 Å². The quantitative estimate of drug-likeness (QED) is 0.736. The highest BCUT2D eigenvalue weighted by Gasteiger charge is 2.21. The Morgan fingerprint density at radius 2 is 2.11 bits per heavy atom. The van der Waals surface area contributed by atoms with Crippen LogP contribution in [0.15, 0.2) is 18.2 Å². The van der Waals surface area contributed by atoms with Gasteiger partial charge in [-0.15, -0.1) is 0 Å². The van der Waals surface area contributed by atoms with Gasteiger partial charge in [-0.25, -0.2) is 0 Å². The van der Waals surface area contributed by atoms with Gasteiger partial charge in [-0.1, -0.05) is 41.7 Å². The number of hydrogen-bond donors (Lipinski definition) is 2. The summed E-state index contributed by atoms with van der Waals surface area (Å²) in [5, 5.41) is 3.24. The average Bonchev–Trinajstić information content (AvgIpc) is 2.62. The average molecular weight is 403 g/mol. The van der Waals surface area contributed by atoms with Crippen LogP contribution in [0.2, 0.25) is 0 Å². The summed E-state index contributed by atoms with van der Waals surface area (Å²) in [5.74, 6) is 1.88. The lowest BCUT2D eigenvalue weighted by Gasteiger charge is -2.35. The van der Waals surface area contributed by atoms with Crippen LogP contribution in [0.5, 0.6) is 0 Å². The summed E-state index contributed by atoms with van der Waals surface area (Å²) in [6, 6.07) is 6.69. The molecule has 0 aliphatic carbocycles. The maximum Gasteiger partial charge on any atom is 0.232 e. The van der Waals surface area contributed by atoms with Gasteiger partial charge in [0.15, 0.2) is 0 Å². The lowest BCUT2D eigenvalue weighted by Crippen LogP contribution is -2.39. The fourth-order valence-electron chi connectivity index (χ4n) is 3.21. The number of nitrogens with one attached hydrogen (secondary N) is 1. The summed E-state index contributed by atoms with van der Waals surface area (Å²) < 4.78 is 0.907. The van der Waals surface area contributed by atoms with E-state index in [-0.39, 0.29) is 5.95 Å². The molecule has 1 aromatic carbocycles. The fraction of sp³-hybridized carbons (Fsp3) is 0.474. The van der Waals surface area contributed by atoms with E-state index in [1.165, 1.54) is 24.8 Å². The number of hydrogen-bond acceptors (Lipinski definition) is 7. The number of aryl methyl sites for hydroxylation is 2. The van der Waals surface area contributed by atoms with E-state index in [2.05, 4.69) is 58.1 Å². The van der Waals surface area contributed by atoms with Crippen molar-refractivity contribution in [2.45, 2.75) is 51.8 Å². The van der Waals surface area contributed by atoms with Crippen molar-refractivity contribution in [2.75, 3.05) is 17.6 Å². The first-order valence-corrected chi connectivity index (χ1v) is 10.6. The van der Waals surface area contributed by atoms with Crippen molar-refractivity contribution in [3.63, 3.8) is 0 Å². The molecular weight excluding hydrogens is 376 g/mol. The lowest BCUT2D eigenvalue weighted by molar-refractivity contribution is 0.267. The van der Waals surface area contributed by atoms with Gasteiger partial charge in [0.2, 0.25) is 11.9 Å². The Hall–Kier alpha value is -1.93. The molecule has 3 N–H and O–H groups in total. The molecule has 1 fully saturated rings. The number of nitrogens with two attached hydrogens (primary N) is 1. The van der Waals surface area contributed by atoms with E-state index in [9.17, 15) is 0 Å². The number of benzene rings is 1. The minimum Gasteiger partial charge on any atom is -0.368 e. The highest BCUT2D eigenvalue weighted by atomic mass is 32.2. The van der Waals surface area contributed by atoms with E-state index in [0.717, 1.165) is 22.1 Å². The summed E-state index contributed by atoms with van der Waals surface area (Å²) in [7, 11) is 0. The number of nitrogens with zero attached hydrogens (tertiary/aromatic N) is 4. The van der Waals surface area contributed by atoms with E-state index < -0.39 is 0 Å². The number of rotatable bonds is 4. The largest absolute Gasteiger partial charge is 0.368 e. The topological polar surface area (TPSA) is 80.0 Å². The maximum absolute atomic E-state index is 5.89. The molecule has 0 spiro atoms. The van der Waals surface area contributed by atoms with Crippen molar-refractivity contribution >= 4 is 45.9 Å². The van der Waals surface area contributed by atoms with Crippen LogP contribution in [0.4, 0.5) is 17.6 Å². The van der Waals surface area contributed by atoms with Crippen molar-refractivity contribution in [2.24, 2.45) is 0 Å². The van der Waals surface area contributed by atoms with Crippen LogP contribution in [-0.4, -0.2) is 36.8 Å². The third kappa shape index (κ3) is 5.29. The van der Waals surface area contributed by atoms with Crippen LogP contribution in [0, 0.1) is 13.8 Å². The summed E-state index contributed by atoms with van der Waals surface area (Å²) in [4.78, 5) is 15.3. The van der Waals surface area contributed by atoms with Gasteiger partial charge in [0.1, 0.15) is 10.1 Å². The second kappa shape index (κ2) is 8.84. The van der Waals surface area contributed by atoms with Gasteiger partial charge < -0.3 is 16.0 Å². The smallest absolute Gasteiger partial charge is 0.232 e. The number of aromatic nitrogens is 3. The van der Waals surface area contributed by atoms with Crippen molar-refractivity contribution in [3.8, 4) is 0 Å². The molecule has 0 saturated carbocycles. The van der Waals surface area contributed by atoms with E-state index in [1.54, 1.807) is 11.8 Å². The van der Waals surface area contributed by atoms with Crippen molar-refractivity contribution in [1.82, 2.24) is 19.9 Å². The van der Waals surface area contributed by atoms with Crippen LogP contribution in [0.1, 0.15) is 43.1 Å². The monoisotopic (exact) mass is 402 g/mol. The van der Waals surface area contributed by atoms with Crippen LogP contribution in [0.25, 0.3) is 0 Å². The number of piperidine rings is 1. The molecule has 8 heteroatoms. The first-order chi connectivity index (χ1) is 12.9. The molecule has 2 heterocycles. The summed E-state index contributed by atoms with van der Waals surface area (Å²) >= 11 is 7.21. The number of thiocarbonyl (C=S) groups is 1. The summed E-state index contributed by atoms with van der Waals surface area (Å²) in [6.45, 7) is 7.39. The normalized spacial score (nSPS) is 17.0. The van der Waals surface area contributed by atoms with Crippen molar-refractivity contribution in [1.29, 1.82) is 0 Å². The second-order valence-electron chi connectivity index (χ2n) is 6.97. The molecule has 2 aromatic rings. The Balaban J connectivity index is 1.67. The van der Waals surface area contributed by atoms with E-state index in [1.807, 2.05) is 6.07 Å². The molecule has 1 aromatic heterocycles. The Bertz CT molecular complexity index is 826. The molecule has 6 nitrogen and oxygen atoms in total. The standard InChI is InChI=1S/C19H26N6S2/c1-12-7-8-15(13(2)10-12)21-18-23-16(22-17(20)24-18)11-27-19(26)25-9-5-4-6-14(25)3/h7-8,10,14H,4-6,9,11H2,1-3H3,(H3,20,21,22,23,24)/t14-/m1/s1. The van der Waals surface area contributed by atoms with Gasteiger partial charge in [-0.3, -0.25) is 0 Å². The van der Waals surface area contributed by atoms with Crippen LogP contribution in [0.3, 0.4) is 0 Å². The van der Waals surface area contributed by atoms with Gasteiger partial charge >= 0.3 is 0 Å². The SMILES string of the molecule is Cc1ccc(Nc2nc(N)nc(CSC(=S)N3CCCC[C@H]3C)n2)c(C)c1. The lowest BCUT2D eigenvalue weighted by atomic mass is 10.1. The van der Waals surface area contributed by atoms with Gasteiger partial charge in [-0.2, -0.15) is 15.0 Å². The van der Waals surface area contributed by atoms with E-state index in [4.69, 9.17) is 18.0 Å². The predicted molar refractivity (Wildman–Crippen MR) is 117 cm³/mol. The van der Waals surface area contributed by atoms with Gasteiger partial charge in [-0.05, 0) is 51.7 Å². The van der Waals surface area contributed by atoms with E-state index in [0.29, 0.717) is 23.6 Å². The summed E-state index contributed by atoms with van der Waals surface area (Å²) in [5.41, 5.74) is 9.20. The first-order valence-electron chi connectivity index (χ1n) is 9.20. The van der Waals surface area contributed by atoms with Gasteiger partial charge in [0.05, 0.1) is 5.75 Å². The maximum atomic E-state index is 5.89. The zero-order valence-electron chi connectivity index (χ0n) is 16.0. The zero-order chi connectivity index (χ0) is 19.4. The Morgan fingerprint density at radius 1 is 1.30 bits per heavy atom. The van der Waals surface area contributed by atoms with Crippen LogP contribution < -0.4 is 11.1 Å². The third-order valence-electron chi connectivity index (χ3n) is 4.69. The molecule has 27 heavy (non-hydrogen) atoms. The number of anilines is 3. The number of thioether (sulfide) groups is 1. The Labute approximate surface area is 170 Å². The molecule has 1 aliphatic heterocycles. The Kier molecular flexibility index (Phi) is 6.49. The highest BCUT2D eigenvalue weighted by Crippen LogP contribution is 2.24. The fourth-order valence-corrected chi connectivity index (χ4v) is 4.48. The molecule has 144 valence electrons. The molecule has 0 bridgehead atoms. The van der Waals surface area contributed by atoms with Crippen molar-refractivity contribution in [3.05, 3.63) is 35.2 Å². The molecule has 0 amide bonds. The van der Waals surface area contributed by atoms with Crippen LogP contribution >= 0.6 is 24.0 Å². The van der Waals surface area contributed by atoms with E-state index >= 15 is 0 Å². The third-order valence-corrected chi connectivity index (χ3v) is 6.16.